The lowest BCUT2D eigenvalue weighted by atomic mass is 9.86. The van der Waals surface area contributed by atoms with E-state index in [1.54, 1.807) is 7.11 Å². The molecule has 4 aromatic rings. The first-order valence-corrected chi connectivity index (χ1v) is 14.0. The standard InChI is InChI=1S/C30H32ClN3O2S/c1-19-8-12-23(13-9-19)34(30(35)29-28(31)24-6-4-5-7-26(24)37-29)18-22-16-20(10-14-25(22)36-3)21-11-15-27(32-2)33-17-21/h4-7,10-11,14-17,19,23H,8-9,12-13,18H2,1-3H3,(H,32,33). The number of thiophene rings is 1. The van der Waals surface area contributed by atoms with Gasteiger partial charge in [0.2, 0.25) is 0 Å². The van der Waals surface area contributed by atoms with Gasteiger partial charge in [-0.05, 0) is 67.5 Å². The summed E-state index contributed by atoms with van der Waals surface area (Å²) in [6.07, 6.45) is 6.09. The number of pyridine rings is 1. The van der Waals surface area contributed by atoms with Crippen LogP contribution < -0.4 is 10.1 Å². The molecule has 1 aliphatic rings. The van der Waals surface area contributed by atoms with E-state index >= 15 is 0 Å². The molecule has 0 bridgehead atoms. The number of ether oxygens (including phenoxy) is 1. The Bertz CT molecular complexity index is 1390. The molecule has 1 fully saturated rings. The summed E-state index contributed by atoms with van der Waals surface area (Å²) in [7, 11) is 3.53. The number of aromatic nitrogens is 1. The fraction of sp³-hybridized carbons (Fsp3) is 0.333. The van der Waals surface area contributed by atoms with Crippen molar-refractivity contribution < 1.29 is 9.53 Å². The highest BCUT2D eigenvalue weighted by atomic mass is 35.5. The van der Waals surface area contributed by atoms with Crippen LogP contribution in [0.2, 0.25) is 5.02 Å². The van der Waals surface area contributed by atoms with E-state index in [-0.39, 0.29) is 11.9 Å². The Morgan fingerprint density at radius 3 is 2.54 bits per heavy atom. The van der Waals surface area contributed by atoms with Crippen molar-refractivity contribution in [3.63, 3.8) is 0 Å². The van der Waals surface area contributed by atoms with Gasteiger partial charge >= 0.3 is 0 Å². The molecule has 1 aliphatic carbocycles. The van der Waals surface area contributed by atoms with Crippen molar-refractivity contribution in [2.24, 2.45) is 5.92 Å². The normalized spacial score (nSPS) is 17.5. The Morgan fingerprint density at radius 1 is 1.11 bits per heavy atom. The molecule has 1 N–H and O–H groups in total. The average molecular weight is 534 g/mol. The number of hydrogen-bond donors (Lipinski definition) is 1. The van der Waals surface area contributed by atoms with Crippen LogP contribution in [0.4, 0.5) is 5.82 Å². The van der Waals surface area contributed by atoms with E-state index < -0.39 is 0 Å². The van der Waals surface area contributed by atoms with Gasteiger partial charge in [-0.3, -0.25) is 4.79 Å². The fourth-order valence-electron chi connectivity index (χ4n) is 5.18. The minimum absolute atomic E-state index is 0.00162. The van der Waals surface area contributed by atoms with Gasteiger partial charge < -0.3 is 15.0 Å². The molecule has 1 saturated carbocycles. The predicted molar refractivity (Wildman–Crippen MR) is 154 cm³/mol. The molecular formula is C30H32ClN3O2S. The van der Waals surface area contributed by atoms with Crippen molar-refractivity contribution in [2.75, 3.05) is 19.5 Å². The van der Waals surface area contributed by atoms with Crippen LogP contribution in [0, 0.1) is 5.92 Å². The van der Waals surface area contributed by atoms with E-state index in [1.807, 2.05) is 66.7 Å². The van der Waals surface area contributed by atoms with Gasteiger partial charge in [0.1, 0.15) is 16.4 Å². The van der Waals surface area contributed by atoms with E-state index in [0.717, 1.165) is 64.0 Å². The molecule has 7 heteroatoms. The maximum Gasteiger partial charge on any atom is 0.266 e. The topological polar surface area (TPSA) is 54.5 Å². The Balaban J connectivity index is 1.52. The van der Waals surface area contributed by atoms with Gasteiger partial charge in [-0.1, -0.05) is 42.8 Å². The Morgan fingerprint density at radius 2 is 1.86 bits per heavy atom. The highest BCUT2D eigenvalue weighted by molar-refractivity contribution is 7.21. The van der Waals surface area contributed by atoms with Gasteiger partial charge in [0.25, 0.3) is 5.91 Å². The van der Waals surface area contributed by atoms with Gasteiger partial charge in [0.05, 0.1) is 12.1 Å². The van der Waals surface area contributed by atoms with Crippen molar-refractivity contribution in [3.05, 3.63) is 76.3 Å². The SMILES string of the molecule is CNc1ccc(-c2ccc(OC)c(CN(C(=O)c3sc4ccccc4c3Cl)C3CCC(C)CC3)c2)cn1. The van der Waals surface area contributed by atoms with Crippen molar-refractivity contribution >= 4 is 44.7 Å². The second-order valence-electron chi connectivity index (χ2n) is 9.80. The molecule has 0 radical (unpaired) electrons. The molecular weight excluding hydrogens is 502 g/mol. The Labute approximate surface area is 227 Å². The third kappa shape index (κ3) is 5.32. The lowest BCUT2D eigenvalue weighted by Crippen LogP contribution is -2.41. The smallest absolute Gasteiger partial charge is 0.266 e. The molecule has 2 aromatic carbocycles. The van der Waals surface area contributed by atoms with Crippen LogP contribution in [-0.4, -0.2) is 36.0 Å². The van der Waals surface area contributed by atoms with Gasteiger partial charge in [-0.15, -0.1) is 11.3 Å². The van der Waals surface area contributed by atoms with Crippen LogP contribution in [0.25, 0.3) is 21.2 Å². The first-order chi connectivity index (χ1) is 18.0. The van der Waals surface area contributed by atoms with Crippen molar-refractivity contribution in [2.45, 2.75) is 45.2 Å². The number of hydrogen-bond acceptors (Lipinski definition) is 5. The molecule has 5 rings (SSSR count). The lowest BCUT2D eigenvalue weighted by Gasteiger charge is -2.36. The van der Waals surface area contributed by atoms with Crippen LogP contribution in [-0.2, 0) is 6.54 Å². The van der Waals surface area contributed by atoms with Gasteiger partial charge in [-0.2, -0.15) is 0 Å². The highest BCUT2D eigenvalue weighted by Crippen LogP contribution is 2.38. The van der Waals surface area contributed by atoms with Crippen LogP contribution in [0.5, 0.6) is 5.75 Å². The molecule has 0 unspecified atom stereocenters. The summed E-state index contributed by atoms with van der Waals surface area (Å²) in [5, 5.41) is 4.55. The minimum Gasteiger partial charge on any atom is -0.496 e. The summed E-state index contributed by atoms with van der Waals surface area (Å²) in [5.41, 5.74) is 3.03. The summed E-state index contributed by atoms with van der Waals surface area (Å²) < 4.78 is 6.78. The molecule has 37 heavy (non-hydrogen) atoms. The zero-order chi connectivity index (χ0) is 25.9. The summed E-state index contributed by atoms with van der Waals surface area (Å²) >= 11 is 8.26. The largest absolute Gasteiger partial charge is 0.496 e. The zero-order valence-electron chi connectivity index (χ0n) is 21.5. The first-order valence-electron chi connectivity index (χ1n) is 12.8. The molecule has 0 spiro atoms. The number of nitrogens with zero attached hydrogens (tertiary/aromatic N) is 2. The summed E-state index contributed by atoms with van der Waals surface area (Å²) in [6, 6.07) is 18.3. The summed E-state index contributed by atoms with van der Waals surface area (Å²) in [4.78, 5) is 21.3. The van der Waals surface area contributed by atoms with E-state index in [0.29, 0.717) is 22.4 Å². The monoisotopic (exact) mass is 533 g/mol. The lowest BCUT2D eigenvalue weighted by molar-refractivity contribution is 0.0597. The van der Waals surface area contributed by atoms with Gasteiger partial charge in [0, 0.05) is 47.0 Å². The van der Waals surface area contributed by atoms with E-state index in [1.165, 1.54) is 11.3 Å². The number of carbonyl (C=O) groups excluding carboxylic acids is 1. The number of benzene rings is 2. The van der Waals surface area contributed by atoms with Crippen molar-refractivity contribution in [1.82, 2.24) is 9.88 Å². The fourth-order valence-corrected chi connectivity index (χ4v) is 6.65. The first kappa shape index (κ1) is 25.6. The average Bonchev–Trinajstić information content (AvgIpc) is 3.28. The third-order valence-corrected chi connectivity index (χ3v) is 9.05. The molecule has 0 atom stereocenters. The maximum atomic E-state index is 14.1. The number of carbonyl (C=O) groups is 1. The van der Waals surface area contributed by atoms with Crippen molar-refractivity contribution in [3.8, 4) is 16.9 Å². The number of amides is 1. The Kier molecular flexibility index (Phi) is 7.68. The molecule has 2 heterocycles. The highest BCUT2D eigenvalue weighted by Gasteiger charge is 2.31. The minimum atomic E-state index is -0.00162. The quantitative estimate of drug-likeness (QED) is 0.262. The number of fused-ring (bicyclic) bond motifs is 1. The molecule has 0 aliphatic heterocycles. The maximum absolute atomic E-state index is 14.1. The van der Waals surface area contributed by atoms with Crippen molar-refractivity contribution in [1.29, 1.82) is 0 Å². The van der Waals surface area contributed by atoms with Crippen LogP contribution in [0.3, 0.4) is 0 Å². The number of methoxy groups -OCH3 is 1. The zero-order valence-corrected chi connectivity index (χ0v) is 23.0. The van der Waals surface area contributed by atoms with Crippen LogP contribution in [0.1, 0.15) is 47.8 Å². The summed E-state index contributed by atoms with van der Waals surface area (Å²) in [5.74, 6) is 2.28. The predicted octanol–water partition coefficient (Wildman–Crippen LogP) is 7.89. The second-order valence-corrected chi connectivity index (χ2v) is 11.2. The molecule has 2 aromatic heterocycles. The Hall–Kier alpha value is -3.09. The van der Waals surface area contributed by atoms with E-state index in [9.17, 15) is 4.79 Å². The molecule has 1 amide bonds. The van der Waals surface area contributed by atoms with Crippen LogP contribution in [0.15, 0.2) is 60.8 Å². The van der Waals surface area contributed by atoms with E-state index in [4.69, 9.17) is 16.3 Å². The van der Waals surface area contributed by atoms with Gasteiger partial charge in [0.15, 0.2) is 0 Å². The third-order valence-electron chi connectivity index (χ3n) is 7.39. The number of halogens is 1. The molecule has 192 valence electrons. The van der Waals surface area contributed by atoms with Crippen LogP contribution >= 0.6 is 22.9 Å². The number of nitrogens with one attached hydrogen (secondary N) is 1. The van der Waals surface area contributed by atoms with Gasteiger partial charge in [-0.25, -0.2) is 4.98 Å². The molecule has 0 saturated heterocycles. The van der Waals surface area contributed by atoms with E-state index in [2.05, 4.69) is 23.3 Å². The number of anilines is 1. The molecule has 5 nitrogen and oxygen atoms in total. The second kappa shape index (κ2) is 11.1. The summed E-state index contributed by atoms with van der Waals surface area (Å²) in [6.45, 7) is 2.76. The number of rotatable bonds is 7.